The third-order valence-electron chi connectivity index (χ3n) is 2.30. The number of rotatable bonds is 10. The second kappa shape index (κ2) is 12.8. The minimum Gasteiger partial charge on any atom is -0.463 e. The highest BCUT2D eigenvalue weighted by Gasteiger charge is 1.94. The van der Waals surface area contributed by atoms with Gasteiger partial charge < -0.3 is 4.74 Å². The van der Waals surface area contributed by atoms with Crippen LogP contribution in [-0.4, -0.2) is 12.6 Å². The van der Waals surface area contributed by atoms with E-state index in [0.29, 0.717) is 6.61 Å². The van der Waals surface area contributed by atoms with Crippen LogP contribution in [0.4, 0.5) is 0 Å². The van der Waals surface area contributed by atoms with E-state index in [9.17, 15) is 4.79 Å². The van der Waals surface area contributed by atoms with Gasteiger partial charge in [-0.1, -0.05) is 50.6 Å². The van der Waals surface area contributed by atoms with Crippen LogP contribution in [0.15, 0.2) is 37.0 Å². The summed E-state index contributed by atoms with van der Waals surface area (Å²) >= 11 is 0. The van der Waals surface area contributed by atoms with Gasteiger partial charge in [0, 0.05) is 6.08 Å². The molecule has 0 N–H and O–H groups in total. The summed E-state index contributed by atoms with van der Waals surface area (Å²) in [5.41, 5.74) is 0. The minimum absolute atomic E-state index is 0.323. The molecule has 0 aromatic heterocycles. The molecule has 2 nitrogen and oxygen atoms in total. The summed E-state index contributed by atoms with van der Waals surface area (Å²) in [7, 11) is 0. The second-order valence-electron chi connectivity index (χ2n) is 3.84. The lowest BCUT2D eigenvalue weighted by Gasteiger charge is -2.01. The Morgan fingerprint density at radius 2 is 1.82 bits per heavy atom. The quantitative estimate of drug-likeness (QED) is 0.246. The van der Waals surface area contributed by atoms with Crippen molar-refractivity contribution >= 4 is 5.97 Å². The molecule has 0 amide bonds. The van der Waals surface area contributed by atoms with Crippen molar-refractivity contribution in [3.05, 3.63) is 37.0 Å². The first kappa shape index (κ1) is 15.7. The maximum absolute atomic E-state index is 10.7. The highest BCUT2D eigenvalue weighted by Crippen LogP contribution is 2.04. The maximum atomic E-state index is 10.7. The van der Waals surface area contributed by atoms with Crippen LogP contribution in [0.25, 0.3) is 0 Å². The average Bonchev–Trinajstić information content (AvgIpc) is 2.35. The summed E-state index contributed by atoms with van der Waals surface area (Å²) in [6.07, 6.45) is 16.4. The number of allylic oxidation sites excluding steroid dienone is 4. The summed E-state index contributed by atoms with van der Waals surface area (Å²) in [6, 6.07) is 0. The normalized spacial score (nSPS) is 11.1. The molecular weight excluding hydrogens is 212 g/mol. The summed E-state index contributed by atoms with van der Waals surface area (Å²) in [4.78, 5) is 10.7. The Labute approximate surface area is 105 Å². The van der Waals surface area contributed by atoms with Gasteiger partial charge in [-0.05, 0) is 25.7 Å². The Morgan fingerprint density at radius 3 is 2.53 bits per heavy atom. The van der Waals surface area contributed by atoms with Gasteiger partial charge in [0.25, 0.3) is 0 Å². The minimum atomic E-state index is -0.323. The standard InChI is InChI=1S/C15H24O2/c1-3-5-6-7-8-9-10-11-12-13-14-17-15(16)4-2/h4-8H,2-3,9-14H2,1H3. The Balaban J connectivity index is 3.18. The molecule has 0 spiro atoms. The van der Waals surface area contributed by atoms with E-state index in [-0.39, 0.29) is 5.97 Å². The topological polar surface area (TPSA) is 26.3 Å². The molecule has 17 heavy (non-hydrogen) atoms. The Hall–Kier alpha value is -1.31. The maximum Gasteiger partial charge on any atom is 0.330 e. The molecule has 0 radical (unpaired) electrons. The molecule has 0 aliphatic carbocycles. The third kappa shape index (κ3) is 12.6. The van der Waals surface area contributed by atoms with Gasteiger partial charge in [-0.2, -0.15) is 0 Å². The van der Waals surface area contributed by atoms with E-state index < -0.39 is 0 Å². The van der Waals surface area contributed by atoms with E-state index in [1.54, 1.807) is 0 Å². The van der Waals surface area contributed by atoms with Crippen molar-refractivity contribution in [2.75, 3.05) is 6.61 Å². The molecule has 0 bridgehead atoms. The fourth-order valence-corrected chi connectivity index (χ4v) is 1.34. The summed E-state index contributed by atoms with van der Waals surface area (Å²) in [5, 5.41) is 0. The lowest BCUT2D eigenvalue weighted by atomic mass is 10.1. The number of hydrogen-bond acceptors (Lipinski definition) is 2. The number of hydrogen-bond donors (Lipinski definition) is 0. The molecular formula is C15H24O2. The van der Waals surface area contributed by atoms with Gasteiger partial charge in [0.15, 0.2) is 0 Å². The molecule has 0 unspecified atom stereocenters. The fraction of sp³-hybridized carbons (Fsp3) is 0.533. The highest BCUT2D eigenvalue weighted by molar-refractivity contribution is 5.81. The lowest BCUT2D eigenvalue weighted by molar-refractivity contribution is -0.137. The molecule has 0 heterocycles. The van der Waals surface area contributed by atoms with E-state index in [1.807, 2.05) is 0 Å². The van der Waals surface area contributed by atoms with Gasteiger partial charge in [-0.3, -0.25) is 0 Å². The number of ether oxygens (including phenoxy) is 1. The predicted octanol–water partition coefficient (Wildman–Crippen LogP) is 4.19. The summed E-state index contributed by atoms with van der Waals surface area (Å²) in [5.74, 6) is -0.323. The summed E-state index contributed by atoms with van der Waals surface area (Å²) < 4.78 is 4.88. The Bertz CT molecular complexity index is 252. The van der Waals surface area contributed by atoms with E-state index in [4.69, 9.17) is 4.74 Å². The van der Waals surface area contributed by atoms with Crippen molar-refractivity contribution in [1.29, 1.82) is 0 Å². The molecule has 0 aromatic rings. The molecule has 0 saturated carbocycles. The highest BCUT2D eigenvalue weighted by atomic mass is 16.5. The molecule has 0 atom stereocenters. The average molecular weight is 236 g/mol. The smallest absolute Gasteiger partial charge is 0.330 e. The largest absolute Gasteiger partial charge is 0.463 e. The Morgan fingerprint density at radius 1 is 1.12 bits per heavy atom. The molecule has 96 valence electrons. The van der Waals surface area contributed by atoms with Gasteiger partial charge in [-0.15, -0.1) is 0 Å². The first-order valence-corrected chi connectivity index (χ1v) is 6.42. The van der Waals surface area contributed by atoms with Gasteiger partial charge in [0.05, 0.1) is 6.61 Å². The lowest BCUT2D eigenvalue weighted by Crippen LogP contribution is -2.01. The number of carbonyl (C=O) groups is 1. The number of unbranched alkanes of at least 4 members (excludes halogenated alkanes) is 4. The fourth-order valence-electron chi connectivity index (χ4n) is 1.34. The molecule has 0 aliphatic rings. The van der Waals surface area contributed by atoms with Gasteiger partial charge in [0.1, 0.15) is 0 Å². The second-order valence-corrected chi connectivity index (χ2v) is 3.84. The van der Waals surface area contributed by atoms with Crippen molar-refractivity contribution in [2.45, 2.75) is 45.4 Å². The van der Waals surface area contributed by atoms with Crippen LogP contribution in [0.3, 0.4) is 0 Å². The van der Waals surface area contributed by atoms with E-state index >= 15 is 0 Å². The van der Waals surface area contributed by atoms with Crippen LogP contribution in [0, 0.1) is 0 Å². The summed E-state index contributed by atoms with van der Waals surface area (Å²) in [6.45, 7) is 5.99. The van der Waals surface area contributed by atoms with Crippen LogP contribution in [-0.2, 0) is 9.53 Å². The SMILES string of the molecule is C=CC(=O)OCCCCCCC=CC=CCC. The zero-order valence-corrected chi connectivity index (χ0v) is 10.9. The van der Waals surface area contributed by atoms with E-state index in [0.717, 1.165) is 25.7 Å². The van der Waals surface area contributed by atoms with Crippen molar-refractivity contribution in [3.63, 3.8) is 0 Å². The van der Waals surface area contributed by atoms with Crippen molar-refractivity contribution in [2.24, 2.45) is 0 Å². The zero-order chi connectivity index (χ0) is 12.8. The van der Waals surface area contributed by atoms with Crippen LogP contribution >= 0.6 is 0 Å². The van der Waals surface area contributed by atoms with Crippen LogP contribution < -0.4 is 0 Å². The molecule has 0 fully saturated rings. The van der Waals surface area contributed by atoms with Crippen molar-refractivity contribution < 1.29 is 9.53 Å². The molecule has 2 heteroatoms. The van der Waals surface area contributed by atoms with E-state index in [1.165, 1.54) is 18.9 Å². The van der Waals surface area contributed by atoms with Crippen molar-refractivity contribution in [1.82, 2.24) is 0 Å². The molecule has 0 aromatic carbocycles. The predicted molar refractivity (Wildman–Crippen MR) is 72.8 cm³/mol. The van der Waals surface area contributed by atoms with Gasteiger partial charge in [0.2, 0.25) is 0 Å². The molecule has 0 aliphatic heterocycles. The number of carbonyl (C=O) groups excluding carboxylic acids is 1. The van der Waals surface area contributed by atoms with E-state index in [2.05, 4.69) is 37.8 Å². The van der Waals surface area contributed by atoms with Crippen LogP contribution in [0.2, 0.25) is 0 Å². The van der Waals surface area contributed by atoms with Crippen LogP contribution in [0.1, 0.15) is 45.4 Å². The zero-order valence-electron chi connectivity index (χ0n) is 10.9. The van der Waals surface area contributed by atoms with Crippen LogP contribution in [0.5, 0.6) is 0 Å². The Kier molecular flexibility index (Phi) is 11.8. The van der Waals surface area contributed by atoms with Gasteiger partial charge in [-0.25, -0.2) is 4.79 Å². The third-order valence-corrected chi connectivity index (χ3v) is 2.30. The first-order chi connectivity index (χ1) is 8.31. The van der Waals surface area contributed by atoms with Gasteiger partial charge >= 0.3 is 5.97 Å². The molecule has 0 saturated heterocycles. The molecule has 0 rings (SSSR count). The first-order valence-electron chi connectivity index (χ1n) is 6.42. The monoisotopic (exact) mass is 236 g/mol. The number of esters is 1. The van der Waals surface area contributed by atoms with Crippen molar-refractivity contribution in [3.8, 4) is 0 Å².